The number of nitrogens with zero attached hydrogens (tertiary/aromatic N) is 2. The Morgan fingerprint density at radius 1 is 0.908 bits per heavy atom. The Hall–Kier alpha value is -5.88. The highest BCUT2D eigenvalue weighted by molar-refractivity contribution is 5.94. The molecule has 0 saturated heterocycles. The van der Waals surface area contributed by atoms with E-state index in [-0.39, 0.29) is 87.7 Å². The van der Waals surface area contributed by atoms with Crippen LogP contribution in [0.25, 0.3) is 22.3 Å². The standard InChI is InChI=1S/C54H74FN5O16/c1-7-54(74)38-21-41-47-33(24-60(41)52(72)37(38)26-76-53(54)73)20-36-35(31(6)39(55)22-40(36)58-47)14-10-11-17-75-27-57-50(70)29(4)18-42(64)46(28(2)3)59-51(71)32(19-34(63)13-9-8-12-30(5)62)15-16-45(67)56-23-43(65)48(68)49(69)44(66)25-61/h20-22,28-29,32,43-44,46,48-49,61,65-66,68-69,74H,7-19,23-27H2,1-6H3,(H,56,67)(H,57,70)(H,59,71)/t29-,32-,43+,44-,46+,48-,49-,54+/m1/s1. The van der Waals surface area contributed by atoms with E-state index in [9.17, 15) is 63.9 Å². The number of carbonyl (C=O) groups excluding carboxylic acids is 7. The van der Waals surface area contributed by atoms with Gasteiger partial charge >= 0.3 is 5.97 Å². The van der Waals surface area contributed by atoms with Crippen molar-refractivity contribution in [2.75, 3.05) is 26.5 Å². The summed E-state index contributed by atoms with van der Waals surface area (Å²) in [6.07, 6.45) is -5.47. The molecule has 418 valence electrons. The van der Waals surface area contributed by atoms with Gasteiger partial charge in [0.15, 0.2) is 11.4 Å². The van der Waals surface area contributed by atoms with E-state index in [1.165, 1.54) is 17.6 Å². The summed E-state index contributed by atoms with van der Waals surface area (Å²) in [6.45, 7) is 8.27. The number of cyclic esters (lactones) is 1. The third-order valence-corrected chi connectivity index (χ3v) is 14.4. The number of hydrogen-bond donors (Lipinski definition) is 9. The third-order valence-electron chi connectivity index (χ3n) is 14.4. The Morgan fingerprint density at radius 3 is 2.28 bits per heavy atom. The number of rotatable bonds is 31. The van der Waals surface area contributed by atoms with Crippen LogP contribution >= 0.6 is 0 Å². The number of aryl methyl sites for hydroxylation is 1. The van der Waals surface area contributed by atoms with Gasteiger partial charge in [0.2, 0.25) is 17.7 Å². The fourth-order valence-corrected chi connectivity index (χ4v) is 9.56. The number of carbonyl (C=O) groups is 7. The monoisotopic (exact) mass is 1070 g/mol. The molecule has 0 aliphatic carbocycles. The Labute approximate surface area is 440 Å². The first kappa shape index (κ1) is 61.0. The number of Topliss-reactive ketones (excluding diaryl/α,β-unsaturated/α-hetero) is 3. The number of aromatic nitrogens is 2. The number of pyridine rings is 2. The van der Waals surface area contributed by atoms with Crippen LogP contribution in [-0.4, -0.2) is 138 Å². The highest BCUT2D eigenvalue weighted by Crippen LogP contribution is 2.39. The van der Waals surface area contributed by atoms with E-state index in [2.05, 4.69) is 16.0 Å². The molecule has 3 amide bonds. The Kier molecular flexibility index (Phi) is 22.0. The molecule has 5 rings (SSSR count). The molecule has 76 heavy (non-hydrogen) atoms. The SMILES string of the molecule is CC[C@@]1(O)C(=O)OCc2c1cc1n(c2=O)Cc2cc3c(CCCCOCNC(=O)[C@H](C)CC(=O)[C@@H](NC(=O)[C@H](CCC(=O)NC[C@H](O)[C@@H](O)[C@H](O)[C@H](O)CO)CC(=O)CCCCC(C)=O)C(C)C)c(C)c(F)cc3nc2-1. The van der Waals surface area contributed by atoms with Gasteiger partial charge in [-0.3, -0.25) is 28.8 Å². The fourth-order valence-electron chi connectivity index (χ4n) is 9.56. The summed E-state index contributed by atoms with van der Waals surface area (Å²) in [5.41, 5.74) is 1.19. The van der Waals surface area contributed by atoms with Crippen molar-refractivity contribution >= 4 is 51.9 Å². The molecule has 8 atom stereocenters. The van der Waals surface area contributed by atoms with Gasteiger partial charge < -0.3 is 65.4 Å². The van der Waals surface area contributed by atoms with Crippen LogP contribution in [0.1, 0.15) is 133 Å². The third kappa shape index (κ3) is 15.0. The lowest BCUT2D eigenvalue weighted by molar-refractivity contribution is -0.172. The van der Waals surface area contributed by atoms with E-state index >= 15 is 4.39 Å². The summed E-state index contributed by atoms with van der Waals surface area (Å²) >= 11 is 0. The number of ether oxygens (including phenoxy) is 2. The normalized spacial score (nSPS) is 17.6. The van der Waals surface area contributed by atoms with E-state index in [0.717, 1.165) is 16.5 Å². The van der Waals surface area contributed by atoms with Gasteiger partial charge in [0.05, 0.1) is 47.8 Å². The van der Waals surface area contributed by atoms with Gasteiger partial charge in [0, 0.05) is 79.7 Å². The van der Waals surface area contributed by atoms with E-state index < -0.39 is 108 Å². The van der Waals surface area contributed by atoms with Gasteiger partial charge in [-0.1, -0.05) is 27.7 Å². The average molecular weight is 1070 g/mol. The molecule has 9 N–H and O–H groups in total. The summed E-state index contributed by atoms with van der Waals surface area (Å²) in [6, 6.07) is 3.79. The lowest BCUT2D eigenvalue weighted by Gasteiger charge is -2.31. The number of aliphatic hydroxyl groups is 6. The molecular weight excluding hydrogens is 994 g/mol. The Balaban J connectivity index is 1.11. The molecule has 0 bridgehead atoms. The number of ketones is 3. The Morgan fingerprint density at radius 2 is 1.61 bits per heavy atom. The van der Waals surface area contributed by atoms with Crippen LogP contribution in [0.5, 0.6) is 0 Å². The van der Waals surface area contributed by atoms with Crippen LogP contribution in [0, 0.1) is 30.5 Å². The molecule has 4 heterocycles. The number of benzene rings is 1. The van der Waals surface area contributed by atoms with Crippen molar-refractivity contribution in [3.63, 3.8) is 0 Å². The Bertz CT molecular complexity index is 2690. The zero-order valence-electron chi connectivity index (χ0n) is 44.1. The van der Waals surface area contributed by atoms with Gasteiger partial charge in [0.25, 0.3) is 5.56 Å². The molecule has 2 aliphatic rings. The molecule has 22 heteroatoms. The summed E-state index contributed by atoms with van der Waals surface area (Å²) < 4.78 is 27.8. The smallest absolute Gasteiger partial charge is 0.343 e. The molecule has 1 aromatic carbocycles. The zero-order chi connectivity index (χ0) is 56.2. The lowest BCUT2D eigenvalue weighted by Crippen LogP contribution is -2.49. The predicted molar refractivity (Wildman–Crippen MR) is 272 cm³/mol. The molecule has 0 radical (unpaired) electrons. The first-order chi connectivity index (χ1) is 35.9. The van der Waals surface area contributed by atoms with Gasteiger partial charge in [-0.05, 0) is 88.0 Å². The minimum absolute atomic E-state index is 0.00135. The van der Waals surface area contributed by atoms with Crippen molar-refractivity contribution in [1.29, 1.82) is 0 Å². The molecule has 21 nitrogen and oxygen atoms in total. The number of hydrogen-bond acceptors (Lipinski definition) is 17. The molecule has 2 aromatic heterocycles. The minimum Gasteiger partial charge on any atom is -0.458 e. The number of nitrogens with one attached hydrogen (secondary N) is 3. The van der Waals surface area contributed by atoms with Gasteiger partial charge in [0.1, 0.15) is 49.0 Å². The summed E-state index contributed by atoms with van der Waals surface area (Å²) in [5, 5.41) is 68.4. The van der Waals surface area contributed by atoms with Crippen LogP contribution in [0.2, 0.25) is 0 Å². The number of amides is 3. The summed E-state index contributed by atoms with van der Waals surface area (Å²) in [5.74, 6) is -6.23. The second-order valence-corrected chi connectivity index (χ2v) is 20.5. The van der Waals surface area contributed by atoms with Crippen LogP contribution in [-0.2, 0) is 68.2 Å². The van der Waals surface area contributed by atoms with E-state index in [1.807, 2.05) is 6.07 Å². The molecule has 0 spiro atoms. The van der Waals surface area contributed by atoms with Crippen LogP contribution in [0.15, 0.2) is 23.0 Å². The van der Waals surface area contributed by atoms with Crippen molar-refractivity contribution < 1.29 is 78.1 Å². The largest absolute Gasteiger partial charge is 0.458 e. The maximum absolute atomic E-state index is 15.4. The zero-order valence-corrected chi connectivity index (χ0v) is 44.1. The van der Waals surface area contributed by atoms with E-state index in [4.69, 9.17) is 19.6 Å². The molecule has 0 unspecified atom stereocenters. The highest BCUT2D eigenvalue weighted by Gasteiger charge is 2.45. The highest BCUT2D eigenvalue weighted by atomic mass is 19.1. The van der Waals surface area contributed by atoms with Crippen LogP contribution in [0.3, 0.4) is 0 Å². The fraction of sp³-hybridized carbons (Fsp3) is 0.611. The van der Waals surface area contributed by atoms with E-state index in [0.29, 0.717) is 61.0 Å². The van der Waals surface area contributed by atoms with Crippen LogP contribution in [0.4, 0.5) is 4.39 Å². The number of unbranched alkanes of at least 4 members (excludes halogenated alkanes) is 2. The summed E-state index contributed by atoms with van der Waals surface area (Å²) in [4.78, 5) is 109. The number of esters is 1. The van der Waals surface area contributed by atoms with Crippen molar-refractivity contribution in [3.8, 4) is 11.4 Å². The number of aliphatic hydroxyl groups excluding tert-OH is 5. The van der Waals surface area contributed by atoms with Crippen molar-refractivity contribution in [2.24, 2.45) is 17.8 Å². The molecule has 2 aliphatic heterocycles. The van der Waals surface area contributed by atoms with Crippen molar-refractivity contribution in [1.82, 2.24) is 25.5 Å². The average Bonchev–Trinajstić information content (AvgIpc) is 3.75. The maximum Gasteiger partial charge on any atom is 0.343 e. The molecule has 3 aromatic rings. The minimum atomic E-state index is -1.98. The van der Waals surface area contributed by atoms with Gasteiger partial charge in [-0.2, -0.15) is 0 Å². The summed E-state index contributed by atoms with van der Waals surface area (Å²) in [7, 11) is 0. The van der Waals surface area contributed by atoms with Gasteiger partial charge in [-0.15, -0.1) is 0 Å². The second-order valence-electron chi connectivity index (χ2n) is 20.5. The quantitative estimate of drug-likeness (QED) is 0.0197. The molecule has 0 fully saturated rings. The first-order valence-corrected chi connectivity index (χ1v) is 26.0. The number of fused-ring (bicyclic) bond motifs is 5. The van der Waals surface area contributed by atoms with Crippen molar-refractivity contribution in [3.05, 3.63) is 62.2 Å². The molecule has 0 saturated carbocycles. The maximum atomic E-state index is 15.4. The van der Waals surface area contributed by atoms with Gasteiger partial charge in [-0.25, -0.2) is 14.2 Å². The molecular formula is C54H74FN5O16. The van der Waals surface area contributed by atoms with Crippen molar-refractivity contribution in [2.45, 2.75) is 168 Å². The topological polar surface area (TPSA) is 330 Å². The lowest BCUT2D eigenvalue weighted by atomic mass is 9.86. The van der Waals surface area contributed by atoms with E-state index in [1.54, 1.807) is 40.7 Å². The van der Waals surface area contributed by atoms with Crippen LogP contribution < -0.4 is 21.5 Å². The first-order valence-electron chi connectivity index (χ1n) is 26.0. The number of halogens is 1. The predicted octanol–water partition coefficient (Wildman–Crippen LogP) is 1.73. The second kappa shape index (κ2) is 27.4.